The van der Waals surface area contributed by atoms with Crippen LogP contribution in [-0.2, 0) is 13.1 Å². The van der Waals surface area contributed by atoms with Crippen molar-refractivity contribution in [3.05, 3.63) is 16.4 Å². The van der Waals surface area contributed by atoms with Gasteiger partial charge in [0.1, 0.15) is 0 Å². The van der Waals surface area contributed by atoms with Gasteiger partial charge in [-0.15, -0.1) is 0 Å². The highest BCUT2D eigenvalue weighted by Crippen LogP contribution is 2.31. The van der Waals surface area contributed by atoms with E-state index in [4.69, 9.17) is 11.6 Å². The van der Waals surface area contributed by atoms with Gasteiger partial charge in [0, 0.05) is 19.6 Å². The van der Waals surface area contributed by atoms with Gasteiger partial charge in [-0.05, 0) is 45.4 Å². The number of nitrogens with zero attached hydrogens (tertiary/aromatic N) is 2. The number of aliphatic hydroxyl groups is 1. The molecule has 0 unspecified atom stereocenters. The van der Waals surface area contributed by atoms with E-state index in [1.54, 1.807) is 0 Å². The van der Waals surface area contributed by atoms with Crippen LogP contribution < -0.4 is 5.32 Å². The largest absolute Gasteiger partial charge is 0.389 e. The van der Waals surface area contributed by atoms with Crippen LogP contribution in [-0.4, -0.2) is 27.0 Å². The first-order valence-corrected chi connectivity index (χ1v) is 7.98. The molecule has 0 bridgehead atoms. The molecule has 2 N–H and O–H groups in total. The van der Waals surface area contributed by atoms with E-state index in [0.717, 1.165) is 54.6 Å². The Hall–Kier alpha value is -0.580. The van der Waals surface area contributed by atoms with Crippen LogP contribution in [0, 0.1) is 12.8 Å². The van der Waals surface area contributed by atoms with Crippen LogP contribution in [0.1, 0.15) is 50.9 Å². The average molecular weight is 300 g/mol. The zero-order valence-corrected chi connectivity index (χ0v) is 13.5. The molecule has 2 rings (SSSR count). The Morgan fingerprint density at radius 2 is 2.10 bits per heavy atom. The maximum absolute atomic E-state index is 10.6. The third-order valence-corrected chi connectivity index (χ3v) is 4.90. The molecule has 0 saturated heterocycles. The minimum absolute atomic E-state index is 0.550. The smallest absolute Gasteiger partial charge is 0.0860 e. The Kier molecular flexibility index (Phi) is 5.10. The van der Waals surface area contributed by atoms with Gasteiger partial charge in [0.05, 0.1) is 22.0 Å². The Balaban J connectivity index is 1.90. The summed E-state index contributed by atoms with van der Waals surface area (Å²) in [6, 6.07) is 0. The van der Waals surface area contributed by atoms with Crippen molar-refractivity contribution in [2.75, 3.05) is 6.54 Å². The van der Waals surface area contributed by atoms with Gasteiger partial charge in [0.2, 0.25) is 0 Å². The molecule has 1 aromatic rings. The number of aryl methyl sites for hydroxylation is 2. The molecule has 0 amide bonds. The SMILES string of the molecule is CCn1nc(C)c(Cl)c1CNCC1(O)CCC(C)CC1. The fraction of sp³-hybridized carbons (Fsp3) is 0.800. The van der Waals surface area contributed by atoms with Crippen molar-refractivity contribution in [1.29, 1.82) is 0 Å². The standard InChI is InChI=1S/C15H26ClN3O/c1-4-19-13(14(16)12(3)18-19)9-17-10-15(20)7-5-11(2)6-8-15/h11,17,20H,4-10H2,1-3H3. The Morgan fingerprint density at radius 1 is 1.45 bits per heavy atom. The first kappa shape index (κ1) is 15.8. The molecular weight excluding hydrogens is 274 g/mol. The summed E-state index contributed by atoms with van der Waals surface area (Å²) in [6.07, 6.45) is 4.01. The number of hydrogen-bond acceptors (Lipinski definition) is 3. The minimum Gasteiger partial charge on any atom is -0.389 e. The lowest BCUT2D eigenvalue weighted by Gasteiger charge is -2.35. The van der Waals surface area contributed by atoms with Gasteiger partial charge in [-0.1, -0.05) is 18.5 Å². The second-order valence-electron chi connectivity index (χ2n) is 6.17. The summed E-state index contributed by atoms with van der Waals surface area (Å²) >= 11 is 6.28. The highest BCUT2D eigenvalue weighted by atomic mass is 35.5. The molecular formula is C15H26ClN3O. The van der Waals surface area contributed by atoms with Crippen molar-refractivity contribution < 1.29 is 5.11 Å². The minimum atomic E-state index is -0.550. The topological polar surface area (TPSA) is 50.1 Å². The second-order valence-corrected chi connectivity index (χ2v) is 6.55. The van der Waals surface area contributed by atoms with Crippen molar-refractivity contribution in [2.45, 2.75) is 65.1 Å². The third kappa shape index (κ3) is 3.54. The van der Waals surface area contributed by atoms with Gasteiger partial charge in [-0.3, -0.25) is 4.68 Å². The van der Waals surface area contributed by atoms with Crippen molar-refractivity contribution in [3.63, 3.8) is 0 Å². The van der Waals surface area contributed by atoms with Crippen LogP contribution in [0.15, 0.2) is 0 Å². The molecule has 1 aliphatic rings. The summed E-state index contributed by atoms with van der Waals surface area (Å²) in [4.78, 5) is 0. The predicted molar refractivity (Wildman–Crippen MR) is 81.9 cm³/mol. The molecule has 0 radical (unpaired) electrons. The van der Waals surface area contributed by atoms with E-state index in [9.17, 15) is 5.11 Å². The van der Waals surface area contributed by atoms with Crippen LogP contribution in [0.5, 0.6) is 0 Å². The van der Waals surface area contributed by atoms with Gasteiger partial charge >= 0.3 is 0 Å². The van der Waals surface area contributed by atoms with Gasteiger partial charge in [0.25, 0.3) is 0 Å². The van der Waals surface area contributed by atoms with E-state index in [2.05, 4.69) is 24.3 Å². The number of aromatic nitrogens is 2. The fourth-order valence-electron chi connectivity index (χ4n) is 2.93. The quantitative estimate of drug-likeness (QED) is 0.879. The van der Waals surface area contributed by atoms with Gasteiger partial charge in [0.15, 0.2) is 0 Å². The van der Waals surface area contributed by atoms with Crippen molar-refractivity contribution in [2.24, 2.45) is 5.92 Å². The molecule has 1 aliphatic carbocycles. The summed E-state index contributed by atoms with van der Waals surface area (Å²) in [5.41, 5.74) is 1.33. The van der Waals surface area contributed by atoms with Crippen molar-refractivity contribution in [3.8, 4) is 0 Å². The van der Waals surface area contributed by atoms with Gasteiger partial charge in [-0.25, -0.2) is 0 Å². The van der Waals surface area contributed by atoms with E-state index < -0.39 is 5.60 Å². The normalized spacial score (nSPS) is 26.9. The maximum atomic E-state index is 10.6. The van der Waals surface area contributed by atoms with Crippen LogP contribution >= 0.6 is 11.6 Å². The molecule has 0 spiro atoms. The van der Waals surface area contributed by atoms with Gasteiger partial charge in [-0.2, -0.15) is 5.10 Å². The number of hydrogen-bond donors (Lipinski definition) is 2. The van der Waals surface area contributed by atoms with Crippen molar-refractivity contribution >= 4 is 11.6 Å². The summed E-state index contributed by atoms with van der Waals surface area (Å²) in [7, 11) is 0. The van der Waals surface area contributed by atoms with Crippen LogP contribution in [0.2, 0.25) is 5.02 Å². The molecule has 0 atom stereocenters. The second kappa shape index (κ2) is 6.46. The maximum Gasteiger partial charge on any atom is 0.0860 e. The predicted octanol–water partition coefficient (Wildman–Crippen LogP) is 2.90. The van der Waals surface area contributed by atoms with E-state index in [1.165, 1.54) is 0 Å². The molecule has 0 aromatic carbocycles. The Labute approximate surface area is 126 Å². The molecule has 1 heterocycles. The van der Waals surface area contributed by atoms with Crippen molar-refractivity contribution in [1.82, 2.24) is 15.1 Å². The monoisotopic (exact) mass is 299 g/mol. The molecule has 1 fully saturated rings. The number of rotatable bonds is 5. The highest BCUT2D eigenvalue weighted by Gasteiger charge is 2.31. The summed E-state index contributed by atoms with van der Waals surface area (Å²) < 4.78 is 1.93. The summed E-state index contributed by atoms with van der Waals surface area (Å²) in [5, 5.41) is 19.1. The molecule has 4 nitrogen and oxygen atoms in total. The number of nitrogens with one attached hydrogen (secondary N) is 1. The Bertz CT molecular complexity index is 450. The van der Waals surface area contributed by atoms with E-state index in [0.29, 0.717) is 13.1 Å². The van der Waals surface area contributed by atoms with E-state index >= 15 is 0 Å². The zero-order chi connectivity index (χ0) is 14.8. The molecule has 20 heavy (non-hydrogen) atoms. The lowest BCUT2D eigenvalue weighted by atomic mass is 9.79. The van der Waals surface area contributed by atoms with E-state index in [1.807, 2.05) is 11.6 Å². The molecule has 114 valence electrons. The average Bonchev–Trinajstić information content (AvgIpc) is 2.70. The summed E-state index contributed by atoms with van der Waals surface area (Å²) in [5.74, 6) is 0.744. The highest BCUT2D eigenvalue weighted by molar-refractivity contribution is 6.31. The number of halogens is 1. The van der Waals surface area contributed by atoms with Crippen LogP contribution in [0.3, 0.4) is 0 Å². The molecule has 1 saturated carbocycles. The molecule has 0 aliphatic heterocycles. The van der Waals surface area contributed by atoms with Crippen LogP contribution in [0.25, 0.3) is 0 Å². The first-order chi connectivity index (χ1) is 9.45. The molecule has 5 heteroatoms. The summed E-state index contributed by atoms with van der Waals surface area (Å²) in [6.45, 7) is 8.34. The molecule has 1 aromatic heterocycles. The van der Waals surface area contributed by atoms with E-state index in [-0.39, 0.29) is 0 Å². The Morgan fingerprint density at radius 3 is 2.70 bits per heavy atom. The third-order valence-electron chi connectivity index (χ3n) is 4.40. The lowest BCUT2D eigenvalue weighted by molar-refractivity contribution is -0.00641. The van der Waals surface area contributed by atoms with Crippen LogP contribution in [0.4, 0.5) is 0 Å². The fourth-order valence-corrected chi connectivity index (χ4v) is 3.13. The zero-order valence-electron chi connectivity index (χ0n) is 12.7. The lowest BCUT2D eigenvalue weighted by Crippen LogP contribution is -2.43. The first-order valence-electron chi connectivity index (χ1n) is 7.60. The van der Waals surface area contributed by atoms with Gasteiger partial charge < -0.3 is 10.4 Å².